The van der Waals surface area contributed by atoms with Crippen molar-refractivity contribution in [3.63, 3.8) is 0 Å². The Labute approximate surface area is 157 Å². The summed E-state index contributed by atoms with van der Waals surface area (Å²) in [6.45, 7) is 3.32. The van der Waals surface area contributed by atoms with Crippen molar-refractivity contribution < 1.29 is 24.0 Å². The van der Waals surface area contributed by atoms with Crippen molar-refractivity contribution in [3.8, 4) is 16.9 Å². The molecular formula is C20H21NO6. The molecule has 0 amide bonds. The van der Waals surface area contributed by atoms with Gasteiger partial charge >= 0.3 is 11.7 Å². The van der Waals surface area contributed by atoms with E-state index in [0.717, 1.165) is 17.4 Å². The van der Waals surface area contributed by atoms with Gasteiger partial charge in [-0.05, 0) is 42.7 Å². The number of nitrogens with zero attached hydrogens (tertiary/aromatic N) is 1. The molecule has 142 valence electrons. The van der Waals surface area contributed by atoms with Crippen molar-refractivity contribution >= 4 is 17.9 Å². The molecule has 0 saturated heterocycles. The number of carbonyl (C=O) groups is 2. The van der Waals surface area contributed by atoms with Gasteiger partial charge in [-0.25, -0.2) is 0 Å². The van der Waals surface area contributed by atoms with Crippen LogP contribution in [0.5, 0.6) is 5.75 Å². The minimum absolute atomic E-state index is 0.112. The fourth-order valence-electron chi connectivity index (χ4n) is 2.95. The van der Waals surface area contributed by atoms with Crippen molar-refractivity contribution in [2.75, 3.05) is 14.2 Å². The molecule has 0 heterocycles. The van der Waals surface area contributed by atoms with Gasteiger partial charge in [-0.2, -0.15) is 0 Å². The first kappa shape index (κ1) is 20.1. The van der Waals surface area contributed by atoms with Crippen LogP contribution in [0.2, 0.25) is 0 Å². The molecule has 0 bridgehead atoms. The first-order valence-electron chi connectivity index (χ1n) is 8.22. The molecule has 0 saturated carbocycles. The Balaban J connectivity index is 2.38. The predicted molar refractivity (Wildman–Crippen MR) is 99.7 cm³/mol. The molecule has 1 atom stereocenters. The second-order valence-corrected chi connectivity index (χ2v) is 6.59. The zero-order valence-electron chi connectivity index (χ0n) is 15.6. The van der Waals surface area contributed by atoms with Crippen molar-refractivity contribution in [1.82, 2.24) is 0 Å². The number of benzene rings is 2. The summed E-state index contributed by atoms with van der Waals surface area (Å²) >= 11 is 0. The Morgan fingerprint density at radius 3 is 2.19 bits per heavy atom. The molecule has 0 aliphatic carbocycles. The number of nitro groups is 1. The van der Waals surface area contributed by atoms with Crippen molar-refractivity contribution in [2.45, 2.75) is 19.8 Å². The van der Waals surface area contributed by atoms with Gasteiger partial charge in [0, 0.05) is 6.07 Å². The SMILES string of the molecule is COC(=O)C(C)(C)C(C=O)c1ccc(-c2ccc([N+](=O)[O-])c(OC)c2)cc1. The van der Waals surface area contributed by atoms with E-state index in [-0.39, 0.29) is 11.4 Å². The molecule has 0 aliphatic heterocycles. The Morgan fingerprint density at radius 1 is 1.11 bits per heavy atom. The molecule has 0 N–H and O–H groups in total. The van der Waals surface area contributed by atoms with Gasteiger partial charge in [0.25, 0.3) is 0 Å². The molecule has 0 fully saturated rings. The van der Waals surface area contributed by atoms with Gasteiger partial charge in [-0.1, -0.05) is 24.3 Å². The normalized spacial score (nSPS) is 12.1. The third-order valence-electron chi connectivity index (χ3n) is 4.60. The van der Waals surface area contributed by atoms with E-state index in [1.165, 1.54) is 20.3 Å². The highest BCUT2D eigenvalue weighted by atomic mass is 16.6. The van der Waals surface area contributed by atoms with E-state index < -0.39 is 22.2 Å². The van der Waals surface area contributed by atoms with Gasteiger partial charge in [0.2, 0.25) is 0 Å². The summed E-state index contributed by atoms with van der Waals surface area (Å²) in [7, 11) is 2.66. The summed E-state index contributed by atoms with van der Waals surface area (Å²) in [5, 5.41) is 11.0. The van der Waals surface area contributed by atoms with Crippen LogP contribution in [0.4, 0.5) is 5.69 Å². The molecule has 7 nitrogen and oxygen atoms in total. The van der Waals surface area contributed by atoms with Crippen LogP contribution < -0.4 is 4.74 Å². The Hall–Kier alpha value is -3.22. The maximum atomic E-state index is 12.0. The lowest BCUT2D eigenvalue weighted by molar-refractivity contribution is -0.385. The summed E-state index contributed by atoms with van der Waals surface area (Å²) < 4.78 is 9.89. The molecule has 27 heavy (non-hydrogen) atoms. The molecule has 0 aromatic heterocycles. The van der Waals surface area contributed by atoms with Crippen LogP contribution in [-0.4, -0.2) is 31.4 Å². The van der Waals surface area contributed by atoms with Crippen molar-refractivity contribution in [3.05, 3.63) is 58.1 Å². The molecule has 2 aromatic rings. The van der Waals surface area contributed by atoms with Gasteiger partial charge in [0.15, 0.2) is 5.75 Å². The number of methoxy groups -OCH3 is 2. The quantitative estimate of drug-likeness (QED) is 0.318. The number of hydrogen-bond acceptors (Lipinski definition) is 6. The predicted octanol–water partition coefficient (Wildman–Crippen LogP) is 3.75. The van der Waals surface area contributed by atoms with Gasteiger partial charge < -0.3 is 14.3 Å². The van der Waals surface area contributed by atoms with E-state index in [2.05, 4.69) is 0 Å². The number of carbonyl (C=O) groups excluding carboxylic acids is 2. The van der Waals surface area contributed by atoms with Crippen LogP contribution in [0.3, 0.4) is 0 Å². The fourth-order valence-corrected chi connectivity index (χ4v) is 2.95. The van der Waals surface area contributed by atoms with Gasteiger partial charge in [-0.15, -0.1) is 0 Å². The topological polar surface area (TPSA) is 95.7 Å². The minimum Gasteiger partial charge on any atom is -0.490 e. The maximum Gasteiger partial charge on any atom is 0.312 e. The summed E-state index contributed by atoms with van der Waals surface area (Å²) in [5.74, 6) is -0.964. The van der Waals surface area contributed by atoms with E-state index in [1.807, 2.05) is 0 Å². The van der Waals surface area contributed by atoms with Crippen LogP contribution in [0.15, 0.2) is 42.5 Å². The average molecular weight is 371 g/mol. The van der Waals surface area contributed by atoms with Crippen LogP contribution in [0.25, 0.3) is 11.1 Å². The first-order chi connectivity index (χ1) is 12.8. The molecule has 2 rings (SSSR count). The van der Waals surface area contributed by atoms with Crippen LogP contribution in [0.1, 0.15) is 25.3 Å². The lowest BCUT2D eigenvalue weighted by Crippen LogP contribution is -2.33. The summed E-state index contributed by atoms with van der Waals surface area (Å²) in [6, 6.07) is 11.7. The molecule has 0 aliphatic rings. The molecule has 0 spiro atoms. The largest absolute Gasteiger partial charge is 0.490 e. The molecule has 1 unspecified atom stereocenters. The second kappa shape index (κ2) is 7.99. The summed E-state index contributed by atoms with van der Waals surface area (Å²) in [6.07, 6.45) is 0.737. The van der Waals surface area contributed by atoms with Gasteiger partial charge in [-0.3, -0.25) is 14.9 Å². The number of esters is 1. The lowest BCUT2D eigenvalue weighted by atomic mass is 9.75. The van der Waals surface area contributed by atoms with Crippen molar-refractivity contribution in [2.24, 2.45) is 5.41 Å². The van der Waals surface area contributed by atoms with E-state index in [9.17, 15) is 19.7 Å². The second-order valence-electron chi connectivity index (χ2n) is 6.59. The molecule has 2 aromatic carbocycles. The van der Waals surface area contributed by atoms with E-state index in [4.69, 9.17) is 9.47 Å². The molecule has 7 heteroatoms. The van der Waals surface area contributed by atoms with Crippen LogP contribution >= 0.6 is 0 Å². The highest BCUT2D eigenvalue weighted by Gasteiger charge is 2.38. The third-order valence-corrected chi connectivity index (χ3v) is 4.60. The number of rotatable bonds is 7. The molecular weight excluding hydrogens is 350 g/mol. The zero-order valence-corrected chi connectivity index (χ0v) is 15.6. The number of hydrogen-bond donors (Lipinski definition) is 0. The van der Waals surface area contributed by atoms with Crippen molar-refractivity contribution in [1.29, 1.82) is 0 Å². The number of aldehydes is 1. The van der Waals surface area contributed by atoms with Crippen LogP contribution in [0, 0.1) is 15.5 Å². The zero-order chi connectivity index (χ0) is 20.2. The highest BCUT2D eigenvalue weighted by Crippen LogP contribution is 2.37. The minimum atomic E-state index is -1.01. The van der Waals surface area contributed by atoms with E-state index in [1.54, 1.807) is 50.2 Å². The van der Waals surface area contributed by atoms with E-state index >= 15 is 0 Å². The van der Waals surface area contributed by atoms with Crippen LogP contribution in [-0.2, 0) is 14.3 Å². The monoisotopic (exact) mass is 371 g/mol. The lowest BCUT2D eigenvalue weighted by Gasteiger charge is -2.28. The van der Waals surface area contributed by atoms with Gasteiger partial charge in [0.1, 0.15) is 6.29 Å². The molecule has 0 radical (unpaired) electrons. The third kappa shape index (κ3) is 3.97. The summed E-state index contributed by atoms with van der Waals surface area (Å²) in [4.78, 5) is 34.1. The fraction of sp³-hybridized carbons (Fsp3) is 0.300. The van der Waals surface area contributed by atoms with Gasteiger partial charge in [0.05, 0.1) is 30.5 Å². The Kier molecular flexibility index (Phi) is 5.95. The average Bonchev–Trinajstić information content (AvgIpc) is 2.67. The maximum absolute atomic E-state index is 12.0. The Bertz CT molecular complexity index is 857. The van der Waals surface area contributed by atoms with E-state index in [0.29, 0.717) is 5.56 Å². The first-order valence-corrected chi connectivity index (χ1v) is 8.22. The summed E-state index contributed by atoms with van der Waals surface area (Å²) in [5.41, 5.74) is 1.09. The number of nitro benzene ring substituents is 1. The number of ether oxygens (including phenoxy) is 2. The standard InChI is InChI=1S/C20H21NO6/c1-20(2,19(23)27-4)16(12-22)14-7-5-13(6-8-14)15-9-10-17(21(24)25)18(11-15)26-3/h5-12,16H,1-4H3. The Morgan fingerprint density at radius 2 is 1.70 bits per heavy atom. The highest BCUT2D eigenvalue weighted by molar-refractivity contribution is 5.83. The smallest absolute Gasteiger partial charge is 0.312 e.